The van der Waals surface area contributed by atoms with E-state index in [0.717, 1.165) is 18.7 Å². The van der Waals surface area contributed by atoms with Crippen LogP contribution in [0.5, 0.6) is 0 Å². The summed E-state index contributed by atoms with van der Waals surface area (Å²) >= 11 is 0. The number of aromatic nitrogens is 2. The van der Waals surface area contributed by atoms with Crippen LogP contribution >= 0.6 is 0 Å². The van der Waals surface area contributed by atoms with Gasteiger partial charge in [-0.3, -0.25) is 9.48 Å². The fourth-order valence-electron chi connectivity index (χ4n) is 1.67. The van der Waals surface area contributed by atoms with Crippen LogP contribution in [0, 0.1) is 0 Å². The Hall–Kier alpha value is -1.16. The quantitative estimate of drug-likeness (QED) is 0.663. The molecule has 2 heterocycles. The third-order valence-electron chi connectivity index (χ3n) is 2.41. The molecule has 0 spiro atoms. The minimum atomic E-state index is 0.0162. The van der Waals surface area contributed by atoms with Gasteiger partial charge < -0.3 is 5.32 Å². The van der Waals surface area contributed by atoms with Gasteiger partial charge in [0.05, 0.1) is 12.1 Å². The number of piperidine rings is 1. The summed E-state index contributed by atoms with van der Waals surface area (Å²) in [4.78, 5) is 11.5. The van der Waals surface area contributed by atoms with Gasteiger partial charge in [-0.1, -0.05) is 0 Å². The van der Waals surface area contributed by atoms with Crippen molar-refractivity contribution in [3.05, 3.63) is 18.0 Å². The van der Waals surface area contributed by atoms with Crippen molar-refractivity contribution in [3.8, 4) is 0 Å². The van der Waals surface area contributed by atoms with E-state index >= 15 is 0 Å². The number of hydrogen-bond acceptors (Lipinski definition) is 3. The van der Waals surface area contributed by atoms with Gasteiger partial charge in [0.2, 0.25) is 0 Å². The van der Waals surface area contributed by atoms with E-state index in [0.29, 0.717) is 12.2 Å². The summed E-state index contributed by atoms with van der Waals surface area (Å²) in [7, 11) is 1.87. The van der Waals surface area contributed by atoms with E-state index in [9.17, 15) is 4.79 Å². The Balaban J connectivity index is 2.19. The van der Waals surface area contributed by atoms with Crippen molar-refractivity contribution >= 4 is 5.78 Å². The minimum absolute atomic E-state index is 0.0162. The predicted octanol–water partition coefficient (Wildman–Crippen LogP) is 0.0661. The first-order valence-corrected chi connectivity index (χ1v) is 4.49. The van der Waals surface area contributed by atoms with Crippen molar-refractivity contribution in [1.29, 1.82) is 0 Å². The fraction of sp³-hybridized carbons (Fsp3) is 0.556. The lowest BCUT2D eigenvalue weighted by molar-refractivity contribution is -0.121. The van der Waals surface area contributed by atoms with E-state index in [4.69, 9.17) is 0 Å². The lowest BCUT2D eigenvalue weighted by atomic mass is 9.93. The first-order chi connectivity index (χ1) is 6.27. The van der Waals surface area contributed by atoms with Crippen molar-refractivity contribution in [2.45, 2.75) is 12.3 Å². The van der Waals surface area contributed by atoms with E-state index < -0.39 is 0 Å². The molecule has 1 aromatic heterocycles. The average molecular weight is 179 g/mol. The Kier molecular flexibility index (Phi) is 2.14. The third kappa shape index (κ3) is 1.62. The molecule has 1 aliphatic heterocycles. The molecule has 1 aliphatic rings. The first-order valence-electron chi connectivity index (χ1n) is 4.49. The maximum atomic E-state index is 11.5. The van der Waals surface area contributed by atoms with E-state index in [1.807, 2.05) is 13.2 Å². The van der Waals surface area contributed by atoms with Crippen molar-refractivity contribution in [2.75, 3.05) is 13.1 Å². The maximum absolute atomic E-state index is 11.5. The number of carbonyl (C=O) groups excluding carboxylic acids is 1. The second-order valence-corrected chi connectivity index (χ2v) is 3.42. The lowest BCUT2D eigenvalue weighted by Gasteiger charge is -2.20. The smallest absolute Gasteiger partial charge is 0.143 e. The van der Waals surface area contributed by atoms with Crippen LogP contribution in [-0.2, 0) is 11.8 Å². The third-order valence-corrected chi connectivity index (χ3v) is 2.41. The summed E-state index contributed by atoms with van der Waals surface area (Å²) < 4.78 is 1.73. The Bertz CT molecular complexity index is 318. The number of rotatable bonds is 1. The van der Waals surface area contributed by atoms with Gasteiger partial charge in [-0.25, -0.2) is 0 Å². The molecule has 0 bridgehead atoms. The molecule has 0 aliphatic carbocycles. The molecule has 0 aromatic carbocycles. The highest BCUT2D eigenvalue weighted by Gasteiger charge is 2.24. The number of carbonyl (C=O) groups is 1. The van der Waals surface area contributed by atoms with Gasteiger partial charge in [-0.05, 0) is 0 Å². The van der Waals surface area contributed by atoms with Crippen LogP contribution in [0.3, 0.4) is 0 Å². The average Bonchev–Trinajstić information content (AvgIpc) is 2.53. The molecule has 1 N–H and O–H groups in total. The number of nitrogens with zero attached hydrogens (tertiary/aromatic N) is 2. The van der Waals surface area contributed by atoms with Crippen molar-refractivity contribution in [1.82, 2.24) is 15.1 Å². The molecule has 1 atom stereocenters. The highest BCUT2D eigenvalue weighted by Crippen LogP contribution is 2.18. The normalized spacial score (nSPS) is 23.5. The van der Waals surface area contributed by atoms with E-state index in [1.165, 1.54) is 0 Å². The Labute approximate surface area is 76.9 Å². The fourth-order valence-corrected chi connectivity index (χ4v) is 1.67. The second kappa shape index (κ2) is 3.30. The van der Waals surface area contributed by atoms with Gasteiger partial charge >= 0.3 is 0 Å². The first kappa shape index (κ1) is 8.44. The molecule has 0 radical (unpaired) electrons. The SMILES string of the molecule is Cn1cc(C2CNCCC2=O)cn1. The van der Waals surface area contributed by atoms with E-state index in [1.54, 1.807) is 10.9 Å². The Morgan fingerprint density at radius 1 is 1.69 bits per heavy atom. The van der Waals surface area contributed by atoms with E-state index in [2.05, 4.69) is 10.4 Å². The standard InChI is InChI=1S/C9H13N3O/c1-12-6-7(4-11-12)8-5-10-3-2-9(8)13/h4,6,8,10H,2-3,5H2,1H3. The summed E-state index contributed by atoms with van der Waals surface area (Å²) in [6, 6.07) is 0. The van der Waals surface area contributed by atoms with Gasteiger partial charge in [0, 0.05) is 38.3 Å². The largest absolute Gasteiger partial charge is 0.315 e. The van der Waals surface area contributed by atoms with Crippen LogP contribution < -0.4 is 5.32 Å². The van der Waals surface area contributed by atoms with Crippen LogP contribution in [0.1, 0.15) is 17.9 Å². The minimum Gasteiger partial charge on any atom is -0.315 e. The molecule has 1 aromatic rings. The molecule has 0 amide bonds. The molecule has 4 heteroatoms. The van der Waals surface area contributed by atoms with Gasteiger partial charge in [0.1, 0.15) is 5.78 Å². The van der Waals surface area contributed by atoms with Crippen LogP contribution in [0.15, 0.2) is 12.4 Å². The predicted molar refractivity (Wildman–Crippen MR) is 48.4 cm³/mol. The van der Waals surface area contributed by atoms with Crippen molar-refractivity contribution in [2.24, 2.45) is 7.05 Å². The molecule has 2 rings (SSSR count). The summed E-state index contributed by atoms with van der Waals surface area (Å²) in [5, 5.41) is 7.28. The molecule has 1 unspecified atom stereocenters. The zero-order chi connectivity index (χ0) is 9.26. The zero-order valence-electron chi connectivity index (χ0n) is 7.66. The van der Waals surface area contributed by atoms with E-state index in [-0.39, 0.29) is 5.92 Å². The highest BCUT2D eigenvalue weighted by atomic mass is 16.1. The zero-order valence-corrected chi connectivity index (χ0v) is 7.66. The van der Waals surface area contributed by atoms with Crippen LogP contribution in [0.2, 0.25) is 0 Å². The van der Waals surface area contributed by atoms with Gasteiger partial charge in [-0.2, -0.15) is 5.10 Å². The van der Waals surface area contributed by atoms with Crippen LogP contribution in [0.25, 0.3) is 0 Å². The molecule has 1 saturated heterocycles. The summed E-state index contributed by atoms with van der Waals surface area (Å²) in [6.07, 6.45) is 4.32. The van der Waals surface area contributed by atoms with Gasteiger partial charge in [0.25, 0.3) is 0 Å². The number of hydrogen-bond donors (Lipinski definition) is 1. The summed E-state index contributed by atoms with van der Waals surface area (Å²) in [5.74, 6) is 0.342. The number of nitrogens with one attached hydrogen (secondary N) is 1. The highest BCUT2D eigenvalue weighted by molar-refractivity contribution is 5.86. The molecule has 0 saturated carbocycles. The number of aryl methyl sites for hydroxylation is 1. The van der Waals surface area contributed by atoms with Gasteiger partial charge in [-0.15, -0.1) is 0 Å². The molecule has 4 nitrogen and oxygen atoms in total. The molecular weight excluding hydrogens is 166 g/mol. The summed E-state index contributed by atoms with van der Waals surface area (Å²) in [5.41, 5.74) is 1.03. The second-order valence-electron chi connectivity index (χ2n) is 3.42. The Morgan fingerprint density at radius 2 is 2.54 bits per heavy atom. The molecule has 13 heavy (non-hydrogen) atoms. The summed E-state index contributed by atoms with van der Waals surface area (Å²) in [6.45, 7) is 1.57. The maximum Gasteiger partial charge on any atom is 0.143 e. The lowest BCUT2D eigenvalue weighted by Crippen LogP contribution is -2.35. The Morgan fingerprint density at radius 3 is 3.15 bits per heavy atom. The van der Waals surface area contributed by atoms with Crippen molar-refractivity contribution < 1.29 is 4.79 Å². The molecule has 70 valence electrons. The van der Waals surface area contributed by atoms with Crippen LogP contribution in [-0.4, -0.2) is 28.7 Å². The molecule has 1 fully saturated rings. The monoisotopic (exact) mass is 179 g/mol. The van der Waals surface area contributed by atoms with Crippen molar-refractivity contribution in [3.63, 3.8) is 0 Å². The van der Waals surface area contributed by atoms with Crippen LogP contribution in [0.4, 0.5) is 0 Å². The number of ketones is 1. The number of Topliss-reactive ketones (excluding diaryl/α,β-unsaturated/α-hetero) is 1. The van der Waals surface area contributed by atoms with Gasteiger partial charge in [0.15, 0.2) is 0 Å². The topological polar surface area (TPSA) is 46.9 Å². The molecular formula is C9H13N3O.